The highest BCUT2D eigenvalue weighted by Gasteiger charge is 2.57. The van der Waals surface area contributed by atoms with Crippen LogP contribution in [0.3, 0.4) is 0 Å². The van der Waals surface area contributed by atoms with E-state index >= 15 is 0 Å². The molecule has 1 fully saturated rings. The lowest BCUT2D eigenvalue weighted by molar-refractivity contribution is -0.691. The van der Waals surface area contributed by atoms with Gasteiger partial charge in [0.05, 0.1) is 34.4 Å². The number of benzene rings is 3. The Labute approximate surface area is 297 Å². The Morgan fingerprint density at radius 2 is 1.65 bits per heavy atom. The standard InChI is InChI=1S/C23H25N4O6S.C12H11O4P/c1-14(28)20-18-11-19(34-10-9-25-8-2-3-16(24)12-25)21(26(18)22(20)29)23(30)33-13-15-4-6-17(7-5-15)27(31)32;13-17(14,15-11-7-3-1-4-8-11)16-12-9-5-2-6-10-12/h2-8,12,14,18,20,28H,9-11,13,24H2,1H3;1-10H,(H,13,14)/q+1;/p-1/t14-,18-,20-;/m1./s1. The zero-order valence-corrected chi connectivity index (χ0v) is 29.1. The number of rotatable bonds is 13. The normalized spacial score (nSPS) is 17.0. The van der Waals surface area contributed by atoms with E-state index in [1.165, 1.54) is 40.9 Å². The molecular formula is C35H35N4O10PS. The van der Waals surface area contributed by atoms with Crippen molar-refractivity contribution in [2.45, 2.75) is 38.6 Å². The fraction of sp³-hybridized carbons (Fsp3) is 0.229. The number of non-ortho nitro benzene ring substituents is 1. The molecule has 0 radical (unpaired) electrons. The van der Waals surface area contributed by atoms with E-state index in [1.54, 1.807) is 73.7 Å². The molecule has 16 heteroatoms. The van der Waals surface area contributed by atoms with Crippen molar-refractivity contribution in [3.05, 3.63) is 136 Å². The topological polar surface area (TPSA) is 198 Å². The van der Waals surface area contributed by atoms with Crippen LogP contribution in [0.5, 0.6) is 11.5 Å². The lowest BCUT2D eigenvalue weighted by Crippen LogP contribution is -2.61. The molecule has 3 N–H and O–H groups in total. The van der Waals surface area contributed by atoms with Crippen LogP contribution in [0.25, 0.3) is 0 Å². The Bertz CT molecular complexity index is 1880. The lowest BCUT2D eigenvalue weighted by atomic mass is 9.83. The van der Waals surface area contributed by atoms with Crippen molar-refractivity contribution in [2.75, 3.05) is 11.5 Å². The number of carbonyl (C=O) groups excluding carboxylic acids is 2. The van der Waals surface area contributed by atoms with Gasteiger partial charge in [0.2, 0.25) is 5.91 Å². The largest absolute Gasteiger partial charge is 0.736 e. The summed E-state index contributed by atoms with van der Waals surface area (Å²) in [4.78, 5) is 49.7. The second kappa shape index (κ2) is 16.7. The maximum absolute atomic E-state index is 13.0. The zero-order valence-electron chi connectivity index (χ0n) is 27.3. The zero-order chi connectivity index (χ0) is 36.5. The second-order valence-electron chi connectivity index (χ2n) is 11.5. The first-order valence-corrected chi connectivity index (χ1v) is 18.2. The van der Waals surface area contributed by atoms with Crippen LogP contribution < -0.4 is 24.2 Å². The van der Waals surface area contributed by atoms with Gasteiger partial charge >= 0.3 is 13.8 Å². The summed E-state index contributed by atoms with van der Waals surface area (Å²) in [6.07, 6.45) is 3.40. The molecule has 1 amide bonds. The van der Waals surface area contributed by atoms with Gasteiger partial charge in [-0.3, -0.25) is 14.9 Å². The molecule has 6 rings (SSSR count). The van der Waals surface area contributed by atoms with Crippen molar-refractivity contribution in [1.29, 1.82) is 0 Å². The number of phosphoric acid groups is 1. The highest BCUT2D eigenvalue weighted by Crippen LogP contribution is 2.47. The number of pyridine rings is 1. The summed E-state index contributed by atoms with van der Waals surface area (Å²) in [7, 11) is -4.39. The van der Waals surface area contributed by atoms with Crippen LogP contribution >= 0.6 is 19.6 Å². The molecule has 0 saturated carbocycles. The third-order valence-corrected chi connectivity index (χ3v) is 9.79. The van der Waals surface area contributed by atoms with Gasteiger partial charge in [-0.15, -0.1) is 11.8 Å². The van der Waals surface area contributed by atoms with E-state index in [4.69, 9.17) is 19.5 Å². The van der Waals surface area contributed by atoms with Crippen LogP contribution in [0.2, 0.25) is 0 Å². The van der Waals surface area contributed by atoms with E-state index in [9.17, 15) is 34.3 Å². The van der Waals surface area contributed by atoms with Crippen LogP contribution in [-0.4, -0.2) is 44.7 Å². The molecule has 1 saturated heterocycles. The fourth-order valence-corrected chi connectivity index (χ4v) is 7.43. The number of aromatic nitrogens is 1. The number of para-hydroxylation sites is 2. The minimum Gasteiger partial charge on any atom is -0.736 e. The number of nitro groups is 1. The number of nitrogens with zero attached hydrogens (tertiary/aromatic N) is 3. The number of aliphatic hydroxyl groups is 1. The predicted molar refractivity (Wildman–Crippen MR) is 186 cm³/mol. The Balaban J connectivity index is 0.000000248. The van der Waals surface area contributed by atoms with Gasteiger partial charge in [-0.25, -0.2) is 13.9 Å². The average Bonchev–Trinajstić information content (AvgIpc) is 3.42. The van der Waals surface area contributed by atoms with E-state index in [-0.39, 0.29) is 41.4 Å². The summed E-state index contributed by atoms with van der Waals surface area (Å²) in [5.74, 6) is -0.362. The second-order valence-corrected chi connectivity index (χ2v) is 13.9. The summed E-state index contributed by atoms with van der Waals surface area (Å²) in [5, 5.41) is 20.8. The van der Waals surface area contributed by atoms with Crippen molar-refractivity contribution in [2.24, 2.45) is 5.92 Å². The summed E-state index contributed by atoms with van der Waals surface area (Å²) in [6.45, 7) is 2.15. The summed E-state index contributed by atoms with van der Waals surface area (Å²) in [5.41, 5.74) is 7.24. The highest BCUT2D eigenvalue weighted by atomic mass is 32.2. The molecule has 2 aliphatic rings. The number of amides is 1. The number of nitro benzene ring substituents is 1. The third kappa shape index (κ3) is 9.73. The molecule has 3 heterocycles. The molecule has 266 valence electrons. The first-order chi connectivity index (χ1) is 24.4. The van der Waals surface area contributed by atoms with Gasteiger partial charge in [0.1, 0.15) is 23.8 Å². The maximum Gasteiger partial charge on any atom is 0.372 e. The van der Waals surface area contributed by atoms with Crippen molar-refractivity contribution in [3.63, 3.8) is 0 Å². The van der Waals surface area contributed by atoms with E-state index in [1.807, 2.05) is 23.0 Å². The molecule has 3 aromatic carbocycles. The number of β-lactam (4-membered cyclic amide) rings is 1. The minimum absolute atomic E-state index is 0.0523. The number of ether oxygens (including phenoxy) is 1. The number of hydrogen-bond donors (Lipinski definition) is 2. The Morgan fingerprint density at radius 1 is 1.04 bits per heavy atom. The Kier molecular flexibility index (Phi) is 12.1. The molecule has 0 spiro atoms. The number of carbonyl (C=O) groups is 2. The van der Waals surface area contributed by atoms with Crippen LogP contribution in [0.4, 0.5) is 11.4 Å². The van der Waals surface area contributed by atoms with Gasteiger partial charge in [0, 0.05) is 29.5 Å². The van der Waals surface area contributed by atoms with Crippen LogP contribution in [-0.2, 0) is 32.0 Å². The van der Waals surface area contributed by atoms with Gasteiger partial charge in [0.25, 0.3) is 5.69 Å². The van der Waals surface area contributed by atoms with E-state index in [2.05, 4.69) is 0 Å². The number of nitrogens with two attached hydrogens (primary N) is 1. The predicted octanol–water partition coefficient (Wildman–Crippen LogP) is 4.38. The minimum atomic E-state index is -4.39. The monoisotopic (exact) mass is 734 g/mol. The summed E-state index contributed by atoms with van der Waals surface area (Å²) < 4.78 is 28.5. The fourth-order valence-electron chi connectivity index (χ4n) is 5.48. The number of esters is 1. The smallest absolute Gasteiger partial charge is 0.372 e. The van der Waals surface area contributed by atoms with Gasteiger partial charge < -0.3 is 34.4 Å². The number of nitrogen functional groups attached to an aromatic ring is 1. The van der Waals surface area contributed by atoms with E-state index < -0.39 is 30.7 Å². The SMILES string of the molecule is C[C@@H](O)[C@H]1C(=O)N2C(C(=O)OCc3ccc([N+](=O)[O-])cc3)=C(SCC[n+]3cccc(N)c3)C[C@H]12.O=P([O-])(Oc1ccccc1)Oc1ccccc1. The molecule has 0 aliphatic carbocycles. The maximum atomic E-state index is 13.0. The summed E-state index contributed by atoms with van der Waals surface area (Å²) >= 11 is 1.48. The van der Waals surface area contributed by atoms with Crippen molar-refractivity contribution in [3.8, 4) is 11.5 Å². The highest BCUT2D eigenvalue weighted by molar-refractivity contribution is 8.03. The van der Waals surface area contributed by atoms with Crippen molar-refractivity contribution >= 4 is 42.8 Å². The van der Waals surface area contributed by atoms with Gasteiger partial charge in [0.15, 0.2) is 18.9 Å². The molecule has 0 unspecified atom stereocenters. The Hall–Kier alpha value is -5.21. The number of aliphatic hydroxyl groups excluding tert-OH is 1. The molecule has 4 aromatic rings. The number of fused-ring (bicyclic) bond motifs is 1. The lowest BCUT2D eigenvalue weighted by Gasteiger charge is -2.44. The molecule has 14 nitrogen and oxygen atoms in total. The average molecular weight is 735 g/mol. The van der Waals surface area contributed by atoms with Gasteiger partial charge in [-0.05, 0) is 55.0 Å². The quantitative estimate of drug-likeness (QED) is 0.0492. The van der Waals surface area contributed by atoms with Crippen molar-refractivity contribution in [1.82, 2.24) is 4.90 Å². The van der Waals surface area contributed by atoms with Gasteiger partial charge in [-0.1, -0.05) is 36.4 Å². The van der Waals surface area contributed by atoms with Crippen molar-refractivity contribution < 1.29 is 47.4 Å². The number of thioether (sulfide) groups is 1. The first-order valence-electron chi connectivity index (χ1n) is 15.7. The molecule has 3 atom stereocenters. The Morgan fingerprint density at radius 3 is 2.20 bits per heavy atom. The summed E-state index contributed by atoms with van der Waals surface area (Å²) in [6, 6.07) is 25.5. The third-order valence-electron chi connectivity index (χ3n) is 7.83. The number of anilines is 1. The van der Waals surface area contributed by atoms with E-state index in [0.29, 0.717) is 30.0 Å². The van der Waals surface area contributed by atoms with Crippen LogP contribution in [0.15, 0.2) is 120 Å². The number of hydrogen-bond acceptors (Lipinski definition) is 12. The number of aryl methyl sites for hydroxylation is 1. The molecular weight excluding hydrogens is 699 g/mol. The molecule has 51 heavy (non-hydrogen) atoms. The molecule has 2 aliphatic heterocycles. The van der Waals surface area contributed by atoms with Gasteiger partial charge in [-0.2, -0.15) is 0 Å². The van der Waals surface area contributed by atoms with E-state index in [0.717, 1.165) is 4.91 Å². The van der Waals surface area contributed by atoms with Crippen LogP contribution in [0, 0.1) is 16.0 Å². The molecule has 1 aromatic heterocycles. The van der Waals surface area contributed by atoms with Crippen LogP contribution in [0.1, 0.15) is 18.9 Å². The molecule has 0 bridgehead atoms. The first kappa shape index (κ1) is 37.1. The number of phosphoric ester groups is 1.